The SMILES string of the molecule is C=c1nc(C)c(=COc2ccc(C(=O)OC=C3[N-]C(C)=C(C)N=C3C)cc2OC)nc1C. The van der Waals surface area contributed by atoms with E-state index >= 15 is 0 Å². The Morgan fingerprint density at radius 1 is 1.03 bits per heavy atom. The van der Waals surface area contributed by atoms with Gasteiger partial charge in [0.2, 0.25) is 0 Å². The Kier molecular flexibility index (Phi) is 6.73. The van der Waals surface area contributed by atoms with E-state index in [0.29, 0.717) is 44.9 Å². The largest absolute Gasteiger partial charge is 0.656 e. The number of hydrogen-bond donors (Lipinski definition) is 0. The van der Waals surface area contributed by atoms with Crippen LogP contribution in [0.2, 0.25) is 0 Å². The molecule has 0 spiro atoms. The van der Waals surface area contributed by atoms with Crippen LogP contribution in [0.5, 0.6) is 11.5 Å². The maximum absolute atomic E-state index is 12.5. The highest BCUT2D eigenvalue weighted by atomic mass is 16.5. The number of methoxy groups -OCH3 is 1. The van der Waals surface area contributed by atoms with Gasteiger partial charge in [-0.2, -0.15) is 0 Å². The number of nitrogens with zero attached hydrogens (tertiary/aromatic N) is 4. The average molecular weight is 433 g/mol. The van der Waals surface area contributed by atoms with Crippen molar-refractivity contribution in [2.75, 3.05) is 7.11 Å². The fourth-order valence-electron chi connectivity index (χ4n) is 2.81. The van der Waals surface area contributed by atoms with Gasteiger partial charge < -0.3 is 19.5 Å². The average Bonchev–Trinajstić information content (AvgIpc) is 2.76. The highest BCUT2D eigenvalue weighted by Crippen LogP contribution is 2.29. The number of aliphatic imine (C=N–C) groups is 1. The summed E-state index contributed by atoms with van der Waals surface area (Å²) < 4.78 is 16.4. The Hall–Kier alpha value is -3.94. The van der Waals surface area contributed by atoms with Gasteiger partial charge in [0.05, 0.1) is 35.7 Å². The van der Waals surface area contributed by atoms with Crippen LogP contribution in [0.3, 0.4) is 0 Å². The first-order valence-corrected chi connectivity index (χ1v) is 9.90. The van der Waals surface area contributed by atoms with Crippen molar-refractivity contribution in [3.63, 3.8) is 0 Å². The molecule has 0 N–H and O–H groups in total. The molecule has 3 rings (SSSR count). The van der Waals surface area contributed by atoms with Crippen molar-refractivity contribution in [2.45, 2.75) is 34.6 Å². The molecule has 166 valence electrons. The fraction of sp³-hybridized carbons (Fsp3) is 0.250. The monoisotopic (exact) mass is 433 g/mol. The molecule has 0 saturated heterocycles. The van der Waals surface area contributed by atoms with E-state index in [9.17, 15) is 4.79 Å². The summed E-state index contributed by atoms with van der Waals surface area (Å²) in [5.74, 6) is 0.233. The Labute approximate surface area is 186 Å². The van der Waals surface area contributed by atoms with Crippen molar-refractivity contribution >= 4 is 24.5 Å². The highest BCUT2D eigenvalue weighted by Gasteiger charge is 2.12. The molecule has 0 radical (unpaired) electrons. The molecular weight excluding hydrogens is 408 g/mol. The Morgan fingerprint density at radius 2 is 1.78 bits per heavy atom. The standard InChI is InChI=1S/C24H25N4O4/c1-13-15(3)27-20(17(5)25-13)11-31-22-9-8-19(10-23(22)30-7)24(29)32-12-21-18(6)26-14(2)16(4)28-21/h8-12H,1H2,2-7H3/q-1. The van der Waals surface area contributed by atoms with E-state index in [1.54, 1.807) is 18.2 Å². The predicted molar refractivity (Wildman–Crippen MR) is 123 cm³/mol. The number of carbonyl (C=O) groups is 1. The Balaban J connectivity index is 1.78. The highest BCUT2D eigenvalue weighted by molar-refractivity contribution is 6.03. The van der Waals surface area contributed by atoms with Gasteiger partial charge in [0.25, 0.3) is 0 Å². The molecule has 0 unspecified atom stereocenters. The van der Waals surface area contributed by atoms with Crippen LogP contribution in [0.4, 0.5) is 0 Å². The van der Waals surface area contributed by atoms with Crippen molar-refractivity contribution < 1.29 is 19.0 Å². The van der Waals surface area contributed by atoms with Gasteiger partial charge in [-0.15, -0.1) is 5.70 Å². The van der Waals surface area contributed by atoms with Crippen LogP contribution in [0.15, 0.2) is 46.5 Å². The van der Waals surface area contributed by atoms with Crippen LogP contribution in [0.25, 0.3) is 18.2 Å². The van der Waals surface area contributed by atoms with Gasteiger partial charge in [-0.25, -0.2) is 9.78 Å². The second kappa shape index (κ2) is 9.47. The first-order valence-electron chi connectivity index (χ1n) is 9.90. The van der Waals surface area contributed by atoms with Gasteiger partial charge in [-0.3, -0.25) is 9.98 Å². The first kappa shape index (κ1) is 22.7. The smallest absolute Gasteiger partial charge is 0.343 e. The molecule has 0 amide bonds. The summed E-state index contributed by atoms with van der Waals surface area (Å²) in [6.45, 7) is 13.0. The molecule has 0 aliphatic carbocycles. The molecule has 1 aliphatic heterocycles. The summed E-state index contributed by atoms with van der Waals surface area (Å²) in [6, 6.07) is 4.75. The normalized spacial score (nSPS) is 15.4. The number of carbonyl (C=O) groups excluding carboxylic acids is 1. The summed E-state index contributed by atoms with van der Waals surface area (Å²) in [5, 5.41) is 5.61. The zero-order valence-electron chi connectivity index (χ0n) is 19.0. The maximum atomic E-state index is 12.5. The van der Waals surface area contributed by atoms with Crippen LogP contribution in [0, 0.1) is 13.8 Å². The molecule has 1 aromatic heterocycles. The van der Waals surface area contributed by atoms with Crippen molar-refractivity contribution in [1.82, 2.24) is 9.97 Å². The van der Waals surface area contributed by atoms with Crippen LogP contribution >= 0.6 is 0 Å². The molecule has 8 heteroatoms. The number of esters is 1. The summed E-state index contributed by atoms with van der Waals surface area (Å²) >= 11 is 0. The quantitative estimate of drug-likeness (QED) is 0.529. The van der Waals surface area contributed by atoms with Crippen molar-refractivity contribution in [3.8, 4) is 11.5 Å². The molecule has 1 aromatic carbocycles. The number of allylic oxidation sites excluding steroid dienone is 3. The number of hydrogen-bond acceptors (Lipinski definition) is 7. The lowest BCUT2D eigenvalue weighted by molar-refractivity contribution is 0.0661. The summed E-state index contributed by atoms with van der Waals surface area (Å²) in [5.41, 5.74) is 4.50. The van der Waals surface area contributed by atoms with E-state index in [4.69, 9.17) is 14.2 Å². The van der Waals surface area contributed by atoms with E-state index in [1.807, 2.05) is 34.6 Å². The van der Waals surface area contributed by atoms with Crippen LogP contribution in [0.1, 0.15) is 42.5 Å². The Bertz CT molecular complexity index is 1280. The van der Waals surface area contributed by atoms with E-state index in [1.165, 1.54) is 19.6 Å². The van der Waals surface area contributed by atoms with Crippen molar-refractivity contribution in [1.29, 1.82) is 0 Å². The fourth-order valence-corrected chi connectivity index (χ4v) is 2.81. The molecule has 8 nitrogen and oxygen atoms in total. The van der Waals surface area contributed by atoms with Gasteiger partial charge in [0.1, 0.15) is 11.6 Å². The minimum Gasteiger partial charge on any atom is -0.656 e. The second-order valence-corrected chi connectivity index (χ2v) is 7.22. The van der Waals surface area contributed by atoms with Crippen LogP contribution < -0.4 is 20.2 Å². The number of ether oxygens (including phenoxy) is 3. The van der Waals surface area contributed by atoms with Crippen molar-refractivity contribution in [2.24, 2.45) is 4.99 Å². The van der Waals surface area contributed by atoms with Gasteiger partial charge in [0.15, 0.2) is 11.5 Å². The molecular formula is C24H25N4O4-. The van der Waals surface area contributed by atoms with Gasteiger partial charge in [0, 0.05) is 11.4 Å². The number of aromatic nitrogens is 2. The molecule has 0 fully saturated rings. The Morgan fingerprint density at radius 3 is 2.50 bits per heavy atom. The minimum absolute atomic E-state index is 0.299. The van der Waals surface area contributed by atoms with Crippen LogP contribution in [-0.2, 0) is 4.74 Å². The van der Waals surface area contributed by atoms with E-state index in [-0.39, 0.29) is 0 Å². The molecule has 0 atom stereocenters. The van der Waals surface area contributed by atoms with Gasteiger partial charge >= 0.3 is 5.97 Å². The van der Waals surface area contributed by atoms with E-state index < -0.39 is 5.97 Å². The third-order valence-corrected chi connectivity index (χ3v) is 4.87. The zero-order chi connectivity index (χ0) is 23.4. The lowest BCUT2D eigenvalue weighted by atomic mass is 10.2. The summed E-state index contributed by atoms with van der Waals surface area (Å²) in [6.07, 6.45) is 2.79. The number of benzene rings is 1. The van der Waals surface area contributed by atoms with E-state index in [2.05, 4.69) is 26.9 Å². The van der Waals surface area contributed by atoms with Crippen molar-refractivity contribution in [3.05, 3.63) is 74.5 Å². The topological polar surface area (TPSA) is 97.0 Å². The lowest BCUT2D eigenvalue weighted by Gasteiger charge is -2.31. The predicted octanol–water partition coefficient (Wildman–Crippen LogP) is 3.43. The molecule has 0 bridgehead atoms. The minimum atomic E-state index is -0.554. The van der Waals surface area contributed by atoms with E-state index in [0.717, 1.165) is 17.1 Å². The molecule has 32 heavy (non-hydrogen) atoms. The third kappa shape index (κ3) is 5.03. The summed E-state index contributed by atoms with van der Waals surface area (Å²) in [4.78, 5) is 25.7. The lowest BCUT2D eigenvalue weighted by Crippen LogP contribution is -2.25. The number of rotatable bonds is 5. The molecule has 1 aliphatic rings. The molecule has 0 saturated carbocycles. The zero-order valence-corrected chi connectivity index (χ0v) is 19.0. The van der Waals surface area contributed by atoms with Crippen LogP contribution in [-0.4, -0.2) is 28.8 Å². The molecule has 2 heterocycles. The molecule has 2 aromatic rings. The summed E-state index contributed by atoms with van der Waals surface area (Å²) in [7, 11) is 1.49. The number of aryl methyl sites for hydroxylation is 2. The second-order valence-electron chi connectivity index (χ2n) is 7.22. The first-order chi connectivity index (χ1) is 15.2. The van der Waals surface area contributed by atoms with Gasteiger partial charge in [-0.1, -0.05) is 19.2 Å². The van der Waals surface area contributed by atoms with Gasteiger partial charge in [-0.05, 0) is 45.9 Å². The maximum Gasteiger partial charge on any atom is 0.343 e. The third-order valence-electron chi connectivity index (χ3n) is 4.87.